The number of hydrogen-bond donors (Lipinski definition) is 1. The van der Waals surface area contributed by atoms with Crippen molar-refractivity contribution < 1.29 is 13.6 Å². The van der Waals surface area contributed by atoms with Gasteiger partial charge in [0.2, 0.25) is 5.91 Å². The van der Waals surface area contributed by atoms with E-state index in [4.69, 9.17) is 0 Å². The van der Waals surface area contributed by atoms with Gasteiger partial charge in [-0.05, 0) is 43.5 Å². The predicted molar refractivity (Wildman–Crippen MR) is 76.9 cm³/mol. The van der Waals surface area contributed by atoms with Crippen LogP contribution in [0.3, 0.4) is 0 Å². The van der Waals surface area contributed by atoms with Gasteiger partial charge in [0.05, 0.1) is 5.54 Å². The molecule has 1 N–H and O–H groups in total. The minimum absolute atomic E-state index is 0.145. The fraction of sp³-hybridized carbons (Fsp3) is 0.375. The lowest BCUT2D eigenvalue weighted by atomic mass is 10.0. The van der Waals surface area contributed by atoms with E-state index in [2.05, 4.69) is 10.4 Å². The molecule has 1 aliphatic rings. The first-order valence-electron chi connectivity index (χ1n) is 7.33. The molecule has 0 bridgehead atoms. The standard InChI is InChI=1S/C16H17F2N3O/c17-12-4-5-14(18)13(11-12)16(6-7-16)20-15(22)3-1-9-21-10-2-8-19-21/h2,4-5,8,10-11H,1,3,6-7,9H2,(H,20,22). The minimum atomic E-state index is -0.727. The molecule has 1 aliphatic carbocycles. The van der Waals surface area contributed by atoms with Gasteiger partial charge in [-0.25, -0.2) is 8.78 Å². The number of carbonyl (C=O) groups excluding carboxylic acids is 1. The number of rotatable bonds is 6. The maximum absolute atomic E-state index is 13.9. The quantitative estimate of drug-likeness (QED) is 0.892. The lowest BCUT2D eigenvalue weighted by Gasteiger charge is -2.19. The zero-order valence-electron chi connectivity index (χ0n) is 12.1. The van der Waals surface area contributed by atoms with E-state index in [9.17, 15) is 13.6 Å². The van der Waals surface area contributed by atoms with Crippen LogP contribution in [0.5, 0.6) is 0 Å². The fourth-order valence-corrected chi connectivity index (χ4v) is 2.61. The molecule has 1 aromatic heterocycles. The first-order chi connectivity index (χ1) is 10.6. The Morgan fingerprint density at radius 3 is 2.86 bits per heavy atom. The highest BCUT2D eigenvalue weighted by molar-refractivity contribution is 5.77. The molecule has 1 amide bonds. The maximum Gasteiger partial charge on any atom is 0.220 e. The molecule has 116 valence electrons. The van der Waals surface area contributed by atoms with E-state index < -0.39 is 17.2 Å². The predicted octanol–water partition coefficient (Wildman–Crippen LogP) is 2.75. The SMILES string of the molecule is O=C(CCCn1cccn1)NC1(c2cc(F)ccc2F)CC1. The van der Waals surface area contributed by atoms with Gasteiger partial charge >= 0.3 is 0 Å². The third-order valence-electron chi connectivity index (χ3n) is 3.92. The van der Waals surface area contributed by atoms with Crippen LogP contribution in [0.1, 0.15) is 31.2 Å². The molecule has 6 heteroatoms. The van der Waals surface area contributed by atoms with Crippen LogP contribution >= 0.6 is 0 Å². The van der Waals surface area contributed by atoms with Crippen LogP contribution in [0.25, 0.3) is 0 Å². The van der Waals surface area contributed by atoms with Gasteiger partial charge in [-0.15, -0.1) is 0 Å². The molecule has 0 atom stereocenters. The van der Waals surface area contributed by atoms with Gasteiger partial charge in [0.15, 0.2) is 0 Å². The van der Waals surface area contributed by atoms with Gasteiger partial charge in [0.25, 0.3) is 0 Å². The lowest BCUT2D eigenvalue weighted by Crippen LogP contribution is -2.35. The Kier molecular flexibility index (Phi) is 3.92. The van der Waals surface area contributed by atoms with Crippen LogP contribution in [0.4, 0.5) is 8.78 Å². The second-order valence-electron chi connectivity index (χ2n) is 5.63. The first-order valence-corrected chi connectivity index (χ1v) is 7.33. The largest absolute Gasteiger partial charge is 0.346 e. The van der Waals surface area contributed by atoms with Crippen molar-refractivity contribution in [3.05, 3.63) is 53.9 Å². The molecule has 1 fully saturated rings. The van der Waals surface area contributed by atoms with Gasteiger partial charge in [-0.1, -0.05) is 0 Å². The Labute approximate surface area is 127 Å². The molecule has 1 saturated carbocycles. The fourth-order valence-electron chi connectivity index (χ4n) is 2.61. The number of nitrogens with one attached hydrogen (secondary N) is 1. The summed E-state index contributed by atoms with van der Waals surface area (Å²) >= 11 is 0. The molecule has 0 radical (unpaired) electrons. The molecule has 3 rings (SSSR count). The number of aromatic nitrogens is 2. The maximum atomic E-state index is 13.9. The Bertz CT molecular complexity index is 666. The van der Waals surface area contributed by atoms with Crippen molar-refractivity contribution >= 4 is 5.91 Å². The molecular weight excluding hydrogens is 288 g/mol. The van der Waals surface area contributed by atoms with Crippen molar-refractivity contribution in [3.63, 3.8) is 0 Å². The summed E-state index contributed by atoms with van der Waals surface area (Å²) in [5.41, 5.74) is -0.484. The monoisotopic (exact) mass is 305 g/mol. The summed E-state index contributed by atoms with van der Waals surface area (Å²) in [6, 6.07) is 5.19. The van der Waals surface area contributed by atoms with Gasteiger partial charge in [-0.3, -0.25) is 9.48 Å². The summed E-state index contributed by atoms with van der Waals surface area (Å²) in [5.74, 6) is -1.11. The van der Waals surface area contributed by atoms with Crippen LogP contribution in [0, 0.1) is 11.6 Å². The summed E-state index contributed by atoms with van der Waals surface area (Å²) in [4.78, 5) is 12.0. The highest BCUT2D eigenvalue weighted by atomic mass is 19.1. The van der Waals surface area contributed by atoms with Gasteiger partial charge in [0.1, 0.15) is 11.6 Å². The van der Waals surface area contributed by atoms with Crippen LogP contribution < -0.4 is 5.32 Å². The van der Waals surface area contributed by atoms with Gasteiger partial charge in [-0.2, -0.15) is 5.10 Å². The molecule has 1 aromatic carbocycles. The van der Waals surface area contributed by atoms with Crippen LogP contribution in [-0.2, 0) is 16.9 Å². The summed E-state index contributed by atoms with van der Waals surface area (Å²) in [7, 11) is 0. The molecule has 1 heterocycles. The Morgan fingerprint density at radius 1 is 1.36 bits per heavy atom. The number of hydrogen-bond acceptors (Lipinski definition) is 2. The highest BCUT2D eigenvalue weighted by Gasteiger charge is 2.47. The number of aryl methyl sites for hydroxylation is 1. The molecule has 0 aliphatic heterocycles. The number of halogens is 2. The molecule has 0 unspecified atom stereocenters. The first kappa shape index (κ1) is 14.7. The van der Waals surface area contributed by atoms with Crippen molar-refractivity contribution in [1.82, 2.24) is 15.1 Å². The molecule has 22 heavy (non-hydrogen) atoms. The smallest absolute Gasteiger partial charge is 0.220 e. The van der Waals surface area contributed by atoms with Crippen molar-refractivity contribution in [2.75, 3.05) is 0 Å². The van der Waals surface area contributed by atoms with Crippen LogP contribution in [0.2, 0.25) is 0 Å². The topological polar surface area (TPSA) is 46.9 Å². The third-order valence-corrected chi connectivity index (χ3v) is 3.92. The normalized spacial score (nSPS) is 15.5. The van der Waals surface area contributed by atoms with Crippen LogP contribution in [0.15, 0.2) is 36.7 Å². The molecular formula is C16H17F2N3O. The summed E-state index contributed by atoms with van der Waals surface area (Å²) in [6.45, 7) is 0.655. The van der Waals surface area contributed by atoms with E-state index in [1.54, 1.807) is 10.9 Å². The third kappa shape index (κ3) is 3.16. The molecule has 0 saturated heterocycles. The van der Waals surface area contributed by atoms with Gasteiger partial charge < -0.3 is 5.32 Å². The van der Waals surface area contributed by atoms with Gasteiger partial charge in [0, 0.05) is 30.9 Å². The number of amides is 1. The number of carbonyl (C=O) groups is 1. The molecule has 4 nitrogen and oxygen atoms in total. The average molecular weight is 305 g/mol. The zero-order valence-corrected chi connectivity index (χ0v) is 12.1. The molecule has 2 aromatic rings. The lowest BCUT2D eigenvalue weighted by molar-refractivity contribution is -0.122. The number of benzene rings is 1. The van der Waals surface area contributed by atoms with E-state index in [1.807, 2.05) is 12.3 Å². The van der Waals surface area contributed by atoms with E-state index in [0.717, 1.165) is 12.1 Å². The second kappa shape index (κ2) is 5.87. The number of nitrogens with zero attached hydrogens (tertiary/aromatic N) is 2. The van der Waals surface area contributed by atoms with E-state index in [-0.39, 0.29) is 11.5 Å². The second-order valence-corrected chi connectivity index (χ2v) is 5.63. The highest BCUT2D eigenvalue weighted by Crippen LogP contribution is 2.46. The van der Waals surface area contributed by atoms with Crippen molar-refractivity contribution in [2.24, 2.45) is 0 Å². The van der Waals surface area contributed by atoms with Crippen molar-refractivity contribution in [2.45, 2.75) is 37.8 Å². The summed E-state index contributed by atoms with van der Waals surface area (Å²) in [6.07, 6.45) is 5.78. The minimum Gasteiger partial charge on any atom is -0.346 e. The summed E-state index contributed by atoms with van der Waals surface area (Å²) < 4.78 is 28.9. The Balaban J connectivity index is 1.57. The average Bonchev–Trinajstić information content (AvgIpc) is 3.06. The Hall–Kier alpha value is -2.24. The molecule has 0 spiro atoms. The van der Waals surface area contributed by atoms with Crippen LogP contribution in [-0.4, -0.2) is 15.7 Å². The van der Waals surface area contributed by atoms with E-state index in [0.29, 0.717) is 32.2 Å². The summed E-state index contributed by atoms with van der Waals surface area (Å²) in [5, 5.41) is 6.92. The van der Waals surface area contributed by atoms with Crippen molar-refractivity contribution in [1.29, 1.82) is 0 Å². The van der Waals surface area contributed by atoms with Crippen molar-refractivity contribution in [3.8, 4) is 0 Å². The van der Waals surface area contributed by atoms with E-state index in [1.165, 1.54) is 6.07 Å². The Morgan fingerprint density at radius 2 is 2.18 bits per heavy atom. The zero-order chi connectivity index (χ0) is 15.6. The van der Waals surface area contributed by atoms with E-state index >= 15 is 0 Å².